The van der Waals surface area contributed by atoms with E-state index < -0.39 is 10.7 Å². The number of hydrogen-bond acceptors (Lipinski definition) is 4. The molecule has 1 atom stereocenters. The number of nitriles is 1. The third-order valence-electron chi connectivity index (χ3n) is 2.41. The number of nitrogens with zero attached hydrogens (tertiary/aromatic N) is 1. The number of cyclic esters (lactones) is 1. The molecule has 0 unspecified atom stereocenters. The van der Waals surface area contributed by atoms with Crippen molar-refractivity contribution in [2.24, 2.45) is 0 Å². The maximum atomic E-state index is 10.8. The van der Waals surface area contributed by atoms with Crippen LogP contribution in [-0.2, 0) is 16.1 Å². The number of esters is 1. The maximum Gasteiger partial charge on any atom is 0.338 e. The van der Waals surface area contributed by atoms with E-state index in [0.29, 0.717) is 25.0 Å². The fraction of sp³-hybridized carbons (Fsp3) is 0.308. The molecule has 0 spiro atoms. The van der Waals surface area contributed by atoms with E-state index in [1.165, 1.54) is 0 Å². The molecule has 2 rings (SSSR count). The number of hydrogen-bond donors (Lipinski definition) is 1. The first-order valence-electron chi connectivity index (χ1n) is 5.59. The number of carbonyl (C=O) groups is 2. The molecule has 1 aromatic carbocycles. The topological polar surface area (TPSA) is 87.4 Å². The minimum atomic E-state index is -0.856. The van der Waals surface area contributed by atoms with Crippen molar-refractivity contribution >= 4 is 28.8 Å². The fourth-order valence-corrected chi connectivity index (χ4v) is 1.66. The zero-order valence-electron chi connectivity index (χ0n) is 10.1. The number of ether oxygens (including phenoxy) is 1. The minimum absolute atomic E-state index is 0.199. The third kappa shape index (κ3) is 4.76. The normalized spacial score (nSPS) is 13.4. The van der Waals surface area contributed by atoms with E-state index in [-0.39, 0.29) is 5.97 Å². The second-order valence-electron chi connectivity index (χ2n) is 3.78. The molecule has 0 fully saturated rings. The Bertz CT molecular complexity index is 510. The zero-order chi connectivity index (χ0) is 14.3. The van der Waals surface area contributed by atoms with Gasteiger partial charge in [-0.15, -0.1) is 0 Å². The molecule has 1 aliphatic rings. The van der Waals surface area contributed by atoms with Crippen molar-refractivity contribution in [1.29, 1.82) is 5.26 Å². The van der Waals surface area contributed by atoms with Crippen LogP contribution in [0.25, 0.3) is 0 Å². The Balaban J connectivity index is 0.000000192. The summed E-state index contributed by atoms with van der Waals surface area (Å²) in [6.45, 7) is 0.439. The van der Waals surface area contributed by atoms with Crippen LogP contribution in [0.5, 0.6) is 0 Å². The van der Waals surface area contributed by atoms with Gasteiger partial charge in [-0.1, -0.05) is 18.2 Å². The Labute approximate surface area is 119 Å². The smallest absolute Gasteiger partial charge is 0.338 e. The van der Waals surface area contributed by atoms with Gasteiger partial charge in [0.1, 0.15) is 6.61 Å². The summed E-state index contributed by atoms with van der Waals surface area (Å²) >= 11 is 2.03. The fourth-order valence-electron chi connectivity index (χ4n) is 1.39. The predicted molar refractivity (Wildman–Crippen MR) is 67.5 cm³/mol. The Morgan fingerprint density at radius 3 is 2.79 bits per heavy atom. The van der Waals surface area contributed by atoms with Gasteiger partial charge in [-0.05, 0) is 6.07 Å². The van der Waals surface area contributed by atoms with Gasteiger partial charge in [0, 0.05) is 5.56 Å². The molecule has 0 amide bonds. The molecule has 1 aliphatic heterocycles. The average molecular weight is 321 g/mol. The van der Waals surface area contributed by atoms with Crippen LogP contribution in [0.15, 0.2) is 24.3 Å². The summed E-state index contributed by atoms with van der Waals surface area (Å²) in [4.78, 5) is 20.9. The molecule has 19 heavy (non-hydrogen) atoms. The van der Waals surface area contributed by atoms with Crippen molar-refractivity contribution in [3.05, 3.63) is 35.4 Å². The summed E-state index contributed by atoms with van der Waals surface area (Å²) in [6, 6.07) is 9.31. The Morgan fingerprint density at radius 1 is 1.53 bits per heavy atom. The van der Waals surface area contributed by atoms with Crippen LogP contribution in [0.3, 0.4) is 0 Å². The van der Waals surface area contributed by atoms with Crippen LogP contribution in [0.1, 0.15) is 28.8 Å². The Hall–Kier alpha value is -1.79. The molecule has 1 aromatic rings. The van der Waals surface area contributed by atoms with Gasteiger partial charge in [0.2, 0.25) is 0 Å². The van der Waals surface area contributed by atoms with E-state index in [0.717, 1.165) is 5.56 Å². The molecule has 0 saturated heterocycles. The summed E-state index contributed by atoms with van der Waals surface area (Å²) in [6.07, 6.45) is 0.734. The standard InChI is InChI=1S/C8H6O2.C5H6AsNO2/c9-8-7-4-2-1-3-6(7)5-10-8;6-4(5(8)9)2-1-3-7/h1-4H,5H2;4H,1-2H2,(H,8,9)/t;4-/m.0/s1. The van der Waals surface area contributed by atoms with Crippen LogP contribution < -0.4 is 0 Å². The summed E-state index contributed by atoms with van der Waals surface area (Å²) in [5, 5.41) is 16.3. The molecule has 0 aromatic heterocycles. The van der Waals surface area contributed by atoms with Gasteiger partial charge in [-0.25, -0.2) is 4.79 Å². The van der Waals surface area contributed by atoms with Crippen LogP contribution in [0, 0.1) is 11.3 Å². The molecule has 6 heteroatoms. The van der Waals surface area contributed by atoms with Crippen molar-refractivity contribution < 1.29 is 19.4 Å². The molecule has 5 nitrogen and oxygen atoms in total. The van der Waals surface area contributed by atoms with Gasteiger partial charge >= 0.3 is 67.6 Å². The number of benzene rings is 1. The molecule has 0 aliphatic carbocycles. The van der Waals surface area contributed by atoms with Crippen LogP contribution in [0.4, 0.5) is 0 Å². The van der Waals surface area contributed by atoms with Crippen LogP contribution in [0.2, 0.25) is 4.71 Å². The number of carbonyl (C=O) groups excluding carboxylic acids is 1. The van der Waals surface area contributed by atoms with E-state index in [1.807, 2.05) is 41.1 Å². The van der Waals surface area contributed by atoms with Gasteiger partial charge in [0.25, 0.3) is 0 Å². The monoisotopic (exact) mass is 321 g/mol. The Morgan fingerprint density at radius 2 is 2.21 bits per heavy atom. The zero-order valence-corrected chi connectivity index (χ0v) is 12.0. The number of aliphatic carboxylic acids is 1. The number of carboxylic acids is 1. The molecule has 1 N–H and O–H groups in total. The maximum absolute atomic E-state index is 10.8. The quantitative estimate of drug-likeness (QED) is 0.676. The molecule has 1 heterocycles. The van der Waals surface area contributed by atoms with Gasteiger partial charge < -0.3 is 4.74 Å². The number of carboxylic acid groups (broad SMARTS) is 1. The van der Waals surface area contributed by atoms with Crippen molar-refractivity contribution in [2.75, 3.05) is 0 Å². The molecular weight excluding hydrogens is 309 g/mol. The average Bonchev–Trinajstić information content (AvgIpc) is 2.79. The summed E-state index contributed by atoms with van der Waals surface area (Å²) < 4.78 is 4.34. The molecule has 0 bridgehead atoms. The first-order chi connectivity index (χ1) is 9.06. The van der Waals surface area contributed by atoms with Crippen LogP contribution >= 0.6 is 0 Å². The van der Waals surface area contributed by atoms with Gasteiger partial charge in [-0.2, -0.15) is 0 Å². The molecule has 2 radical (unpaired) electrons. The second-order valence-corrected chi connectivity index (χ2v) is 5.09. The van der Waals surface area contributed by atoms with E-state index in [2.05, 4.69) is 0 Å². The number of fused-ring (bicyclic) bond motifs is 1. The van der Waals surface area contributed by atoms with E-state index in [4.69, 9.17) is 15.1 Å². The van der Waals surface area contributed by atoms with Crippen molar-refractivity contribution in [3.63, 3.8) is 0 Å². The van der Waals surface area contributed by atoms with Gasteiger partial charge in [0.15, 0.2) is 0 Å². The summed E-state index contributed by atoms with van der Waals surface area (Å²) in [5.74, 6) is -1.05. The molecular formula is C13H12AsNO4. The first-order valence-corrected chi connectivity index (χ1v) is 6.67. The van der Waals surface area contributed by atoms with Crippen LogP contribution in [-0.4, -0.2) is 33.9 Å². The van der Waals surface area contributed by atoms with Gasteiger partial charge in [0.05, 0.1) is 5.56 Å². The van der Waals surface area contributed by atoms with E-state index in [9.17, 15) is 9.59 Å². The SMILES string of the molecule is N#CCC[C@H]([As])C(=O)O.O=C1OCc2ccccc21. The third-order valence-corrected chi connectivity index (χ3v) is 3.42. The van der Waals surface area contributed by atoms with Crippen molar-refractivity contribution in [1.82, 2.24) is 0 Å². The van der Waals surface area contributed by atoms with E-state index >= 15 is 0 Å². The molecule has 0 saturated carbocycles. The van der Waals surface area contributed by atoms with E-state index in [1.54, 1.807) is 6.07 Å². The van der Waals surface area contributed by atoms with Gasteiger partial charge in [-0.3, -0.25) is 0 Å². The van der Waals surface area contributed by atoms with Crippen molar-refractivity contribution in [3.8, 4) is 6.07 Å². The Kier molecular flexibility index (Phi) is 6.11. The number of rotatable bonds is 3. The minimum Gasteiger partial charge on any atom is -0.457 e. The second kappa shape index (κ2) is 7.60. The predicted octanol–water partition coefficient (Wildman–Crippen LogP) is 1.69. The molecule has 98 valence electrons. The largest absolute Gasteiger partial charge is 0.457 e. The first kappa shape index (κ1) is 15.3. The summed E-state index contributed by atoms with van der Waals surface area (Å²) in [7, 11) is 0. The van der Waals surface area contributed by atoms with Crippen molar-refractivity contribution in [2.45, 2.75) is 24.2 Å². The summed E-state index contributed by atoms with van der Waals surface area (Å²) in [5.41, 5.74) is 1.70.